The highest BCUT2D eigenvalue weighted by molar-refractivity contribution is 7.28. The van der Waals surface area contributed by atoms with Crippen molar-refractivity contribution in [3.8, 4) is 74.9 Å². The van der Waals surface area contributed by atoms with Crippen molar-refractivity contribution in [1.82, 2.24) is 0 Å². The number of unbranched alkanes of at least 4 members (excludes halogenated alkanes) is 6. The highest BCUT2D eigenvalue weighted by atomic mass is 32.1. The lowest BCUT2D eigenvalue weighted by molar-refractivity contribution is 0.175. The van der Waals surface area contributed by atoms with Gasteiger partial charge in [0.2, 0.25) is 0 Å². The summed E-state index contributed by atoms with van der Waals surface area (Å²) in [4.78, 5) is 11.9. The highest BCUT2D eigenvalue weighted by Gasteiger charge is 2.31. The fourth-order valence-electron chi connectivity index (χ4n) is 10.0. The second-order valence-electron chi connectivity index (χ2n) is 19.2. The van der Waals surface area contributed by atoms with Gasteiger partial charge in [0.05, 0.1) is 47.9 Å². The van der Waals surface area contributed by atoms with Crippen LogP contribution in [-0.4, -0.2) is 41.7 Å². The van der Waals surface area contributed by atoms with Gasteiger partial charge < -0.3 is 38.2 Å². The minimum atomic E-state index is 0.524. The molecule has 6 aromatic carbocycles. The molecular weight excluding hydrogens is 1010 g/mol. The van der Waals surface area contributed by atoms with Gasteiger partial charge in [-0.25, -0.2) is 0 Å². The van der Waals surface area contributed by atoms with E-state index >= 15 is 0 Å². The van der Waals surface area contributed by atoms with E-state index in [0.717, 1.165) is 94.3 Å². The van der Waals surface area contributed by atoms with Gasteiger partial charge in [-0.15, -0.1) is 34.0 Å². The molecule has 0 unspecified atom stereocenters. The number of ether oxygens (including phenoxy) is 6. The van der Waals surface area contributed by atoms with Crippen LogP contribution in [0.4, 0.5) is 34.1 Å². The quantitative estimate of drug-likeness (QED) is 0.0555. The molecule has 0 spiro atoms. The Hall–Kier alpha value is -7.18. The first kappa shape index (κ1) is 53.2. The molecule has 9 aromatic rings. The van der Waals surface area contributed by atoms with Gasteiger partial charge in [0.15, 0.2) is 11.5 Å². The molecule has 0 aliphatic carbocycles. The van der Waals surface area contributed by atoms with Crippen molar-refractivity contribution in [3.05, 3.63) is 169 Å². The maximum atomic E-state index is 6.72. The molecule has 0 N–H and O–H groups in total. The number of methoxy groups -OCH3 is 4. The zero-order valence-electron chi connectivity index (χ0n) is 45.1. The molecule has 10 rings (SSSR count). The highest BCUT2D eigenvalue weighted by Crippen LogP contribution is 2.58. The lowest BCUT2D eigenvalue weighted by Crippen LogP contribution is -2.14. The Bertz CT molecular complexity index is 2990. The molecule has 11 heteroatoms. The standard InChI is InChI=1S/C66H68N2O6S3/c1-7-9-11-13-15-47-43-59(45-17-21-49(22-18-45)67(51-25-33-55(69-3)34-26-51)52-27-35-56(70-4)36-28-52)75-63(47)65-61-62(74-42-41-73-61)66(77-65)64-48(16-14-12-10-8-2)44-60(76-64)46-19-23-50(24-20-46)68(53-29-37-57(71-5)38-30-53)54-31-39-58(72-6)40-32-54/h17-40,43-44H,7-16,41-42H2,1-6H3. The van der Waals surface area contributed by atoms with Crippen LogP contribution < -0.4 is 38.2 Å². The number of nitrogens with zero attached hydrogens (tertiary/aromatic N) is 2. The summed E-state index contributed by atoms with van der Waals surface area (Å²) in [7, 11) is 6.80. The van der Waals surface area contributed by atoms with E-state index in [-0.39, 0.29) is 0 Å². The van der Waals surface area contributed by atoms with Crippen LogP contribution in [0, 0.1) is 0 Å². The van der Waals surface area contributed by atoms with E-state index in [1.807, 2.05) is 82.5 Å². The maximum Gasteiger partial charge on any atom is 0.181 e. The van der Waals surface area contributed by atoms with E-state index in [0.29, 0.717) is 13.2 Å². The van der Waals surface area contributed by atoms with Crippen LogP contribution in [0.3, 0.4) is 0 Å². The van der Waals surface area contributed by atoms with Gasteiger partial charge in [-0.3, -0.25) is 0 Å². The number of aryl methyl sites for hydroxylation is 2. The van der Waals surface area contributed by atoms with Gasteiger partial charge in [-0.05, 0) is 181 Å². The Morgan fingerprint density at radius 3 is 0.948 bits per heavy atom. The fourth-order valence-corrected chi connectivity index (χ4v) is 13.9. The number of hydrogen-bond acceptors (Lipinski definition) is 11. The number of thiophene rings is 3. The van der Waals surface area contributed by atoms with Crippen LogP contribution in [0.25, 0.3) is 40.4 Å². The zero-order valence-corrected chi connectivity index (χ0v) is 47.5. The molecule has 0 atom stereocenters. The van der Waals surface area contributed by atoms with E-state index < -0.39 is 0 Å². The van der Waals surface area contributed by atoms with Crippen LogP contribution in [0.5, 0.6) is 34.5 Å². The zero-order chi connectivity index (χ0) is 53.1. The van der Waals surface area contributed by atoms with E-state index in [1.54, 1.807) is 28.4 Å². The summed E-state index contributed by atoms with van der Waals surface area (Å²) in [6, 6.07) is 55.7. The molecule has 4 heterocycles. The van der Waals surface area contributed by atoms with Crippen molar-refractivity contribution >= 4 is 68.1 Å². The Labute approximate surface area is 467 Å². The molecule has 0 bridgehead atoms. The minimum Gasteiger partial charge on any atom is -0.497 e. The van der Waals surface area contributed by atoms with Crippen LogP contribution in [-0.2, 0) is 12.8 Å². The second kappa shape index (κ2) is 25.3. The predicted molar refractivity (Wildman–Crippen MR) is 324 cm³/mol. The fraction of sp³-hybridized carbons (Fsp3) is 0.273. The average Bonchev–Trinajstić information content (AvgIpc) is 4.31. The third-order valence-corrected chi connectivity index (χ3v) is 18.1. The van der Waals surface area contributed by atoms with Gasteiger partial charge >= 0.3 is 0 Å². The Morgan fingerprint density at radius 1 is 0.364 bits per heavy atom. The minimum absolute atomic E-state index is 0.524. The molecule has 0 radical (unpaired) electrons. The lowest BCUT2D eigenvalue weighted by Gasteiger charge is -2.26. The van der Waals surface area contributed by atoms with Crippen molar-refractivity contribution in [3.63, 3.8) is 0 Å². The first-order chi connectivity index (χ1) is 37.9. The normalized spacial score (nSPS) is 11.9. The summed E-state index contributed by atoms with van der Waals surface area (Å²) >= 11 is 5.60. The third-order valence-electron chi connectivity index (χ3n) is 14.2. The average molecular weight is 1080 g/mol. The van der Waals surface area contributed by atoms with Gasteiger partial charge in [-0.2, -0.15) is 0 Å². The van der Waals surface area contributed by atoms with Gasteiger partial charge in [-0.1, -0.05) is 76.6 Å². The van der Waals surface area contributed by atoms with E-state index in [9.17, 15) is 0 Å². The molecule has 1 aliphatic heterocycles. The van der Waals surface area contributed by atoms with Crippen LogP contribution in [0.2, 0.25) is 0 Å². The van der Waals surface area contributed by atoms with Crippen molar-refractivity contribution < 1.29 is 28.4 Å². The SMILES string of the molecule is CCCCCCc1cc(-c2ccc(N(c3ccc(OC)cc3)c3ccc(OC)cc3)cc2)sc1-c1sc(-c2sc(-c3ccc(N(c4ccc(OC)cc4)c4ccc(OC)cc4)cc3)cc2CCCCCC)c2c1OCCO2. The van der Waals surface area contributed by atoms with Gasteiger partial charge in [0, 0.05) is 43.9 Å². The molecule has 1 aliphatic rings. The third kappa shape index (κ3) is 12.0. The predicted octanol–water partition coefficient (Wildman–Crippen LogP) is 19.5. The number of benzene rings is 6. The number of anilines is 6. The summed E-state index contributed by atoms with van der Waals surface area (Å²) in [5.41, 5.74) is 11.4. The number of fused-ring (bicyclic) bond motifs is 1. The first-order valence-electron chi connectivity index (χ1n) is 27.0. The first-order valence-corrected chi connectivity index (χ1v) is 29.4. The Morgan fingerprint density at radius 2 is 0.662 bits per heavy atom. The summed E-state index contributed by atoms with van der Waals surface area (Å²) < 4.78 is 35.5. The van der Waals surface area contributed by atoms with Crippen LogP contribution in [0.1, 0.15) is 76.3 Å². The maximum absolute atomic E-state index is 6.72. The second-order valence-corrected chi connectivity index (χ2v) is 22.3. The monoisotopic (exact) mass is 1080 g/mol. The topological polar surface area (TPSA) is 61.9 Å². The number of rotatable bonds is 24. The molecule has 0 amide bonds. The smallest absolute Gasteiger partial charge is 0.181 e. The van der Waals surface area contributed by atoms with E-state index in [1.165, 1.54) is 90.0 Å². The molecule has 396 valence electrons. The summed E-state index contributed by atoms with van der Waals surface area (Å²) in [6.45, 7) is 5.61. The van der Waals surface area contributed by atoms with E-state index in [4.69, 9.17) is 28.4 Å². The van der Waals surface area contributed by atoms with Crippen molar-refractivity contribution in [1.29, 1.82) is 0 Å². The van der Waals surface area contributed by atoms with Crippen molar-refractivity contribution in [2.24, 2.45) is 0 Å². The molecule has 0 saturated heterocycles. The van der Waals surface area contributed by atoms with E-state index in [2.05, 4.69) is 133 Å². The van der Waals surface area contributed by atoms with Crippen LogP contribution >= 0.6 is 34.0 Å². The van der Waals surface area contributed by atoms with Gasteiger partial charge in [0.25, 0.3) is 0 Å². The summed E-state index contributed by atoms with van der Waals surface area (Å²) in [5.74, 6) is 5.05. The summed E-state index contributed by atoms with van der Waals surface area (Å²) in [6.07, 6.45) is 11.6. The van der Waals surface area contributed by atoms with Crippen LogP contribution in [0.15, 0.2) is 158 Å². The number of hydrogen-bond donors (Lipinski definition) is 0. The molecule has 8 nitrogen and oxygen atoms in total. The van der Waals surface area contributed by atoms with Crippen molar-refractivity contribution in [2.45, 2.75) is 78.1 Å². The Kier molecular flexibility index (Phi) is 17.5. The molecule has 77 heavy (non-hydrogen) atoms. The molecule has 3 aromatic heterocycles. The molecule has 0 saturated carbocycles. The molecular formula is C66H68N2O6S3. The Balaban J connectivity index is 1.01. The lowest BCUT2D eigenvalue weighted by atomic mass is 10.0. The van der Waals surface area contributed by atoms with Gasteiger partial charge in [0.1, 0.15) is 36.2 Å². The molecule has 0 fully saturated rings. The largest absolute Gasteiger partial charge is 0.497 e. The summed E-state index contributed by atoms with van der Waals surface area (Å²) in [5, 5.41) is 0. The van der Waals surface area contributed by atoms with Crippen molar-refractivity contribution in [2.75, 3.05) is 51.5 Å².